The Labute approximate surface area is 131 Å². The van der Waals surface area contributed by atoms with Gasteiger partial charge in [-0.25, -0.2) is 0 Å². The van der Waals surface area contributed by atoms with Gasteiger partial charge in [0.1, 0.15) is 0 Å². The van der Waals surface area contributed by atoms with Gasteiger partial charge in [0.25, 0.3) is 5.91 Å². The molecular weight excluding hydrogens is 280 g/mol. The van der Waals surface area contributed by atoms with Crippen molar-refractivity contribution >= 4 is 11.8 Å². The molecule has 0 unspecified atom stereocenters. The van der Waals surface area contributed by atoms with Crippen molar-refractivity contribution in [3.05, 3.63) is 23.7 Å². The number of carbonyl (C=O) groups excluding carboxylic acids is 2. The molecule has 2 aliphatic rings. The summed E-state index contributed by atoms with van der Waals surface area (Å²) in [5.41, 5.74) is 0.704. The van der Waals surface area contributed by atoms with Gasteiger partial charge in [-0.2, -0.15) is 0 Å². The molecule has 1 spiro atoms. The Morgan fingerprint density at radius 2 is 2.14 bits per heavy atom. The van der Waals surface area contributed by atoms with E-state index in [2.05, 4.69) is 0 Å². The highest BCUT2D eigenvalue weighted by molar-refractivity contribution is 5.93. The second kappa shape index (κ2) is 5.78. The first-order chi connectivity index (χ1) is 10.6. The number of hydrogen-bond acceptors (Lipinski definition) is 3. The van der Waals surface area contributed by atoms with Gasteiger partial charge in [0, 0.05) is 31.6 Å². The van der Waals surface area contributed by atoms with E-state index in [4.69, 9.17) is 4.42 Å². The molecule has 2 fully saturated rings. The van der Waals surface area contributed by atoms with Crippen LogP contribution in [0.1, 0.15) is 55.1 Å². The smallest absolute Gasteiger partial charge is 0.289 e. The van der Waals surface area contributed by atoms with Crippen LogP contribution in [0.4, 0.5) is 0 Å². The summed E-state index contributed by atoms with van der Waals surface area (Å²) in [6.45, 7) is 6.01. The third-order valence-corrected chi connectivity index (χ3v) is 5.12. The minimum Gasteiger partial charge on any atom is -0.459 e. The zero-order valence-corrected chi connectivity index (χ0v) is 13.4. The summed E-state index contributed by atoms with van der Waals surface area (Å²) >= 11 is 0. The quantitative estimate of drug-likeness (QED) is 0.844. The van der Waals surface area contributed by atoms with Gasteiger partial charge >= 0.3 is 0 Å². The van der Waals surface area contributed by atoms with Gasteiger partial charge in [-0.3, -0.25) is 9.59 Å². The lowest BCUT2D eigenvalue weighted by Crippen LogP contribution is -2.63. The average molecular weight is 304 g/mol. The maximum absolute atomic E-state index is 12.7. The minimum absolute atomic E-state index is 0.0457. The van der Waals surface area contributed by atoms with E-state index in [0.717, 1.165) is 44.3 Å². The fourth-order valence-corrected chi connectivity index (χ4v) is 4.06. The molecule has 1 atom stereocenters. The average Bonchev–Trinajstić information content (AvgIpc) is 2.93. The molecule has 0 N–H and O–H groups in total. The van der Waals surface area contributed by atoms with E-state index in [0.29, 0.717) is 18.7 Å². The topological polar surface area (TPSA) is 53.8 Å². The number of nitrogens with zero attached hydrogens (tertiary/aromatic N) is 2. The minimum atomic E-state index is -0.168. The predicted octanol–water partition coefficient (Wildman–Crippen LogP) is 2.60. The Hall–Kier alpha value is -1.78. The number of hydrogen-bond donors (Lipinski definition) is 0. The molecule has 0 aromatic carbocycles. The maximum Gasteiger partial charge on any atom is 0.289 e. The summed E-state index contributed by atoms with van der Waals surface area (Å²) < 4.78 is 5.36. The van der Waals surface area contributed by atoms with E-state index < -0.39 is 0 Å². The molecule has 0 saturated carbocycles. The van der Waals surface area contributed by atoms with E-state index in [-0.39, 0.29) is 17.4 Å². The molecular formula is C17H24N2O3. The van der Waals surface area contributed by atoms with Gasteiger partial charge < -0.3 is 14.2 Å². The van der Waals surface area contributed by atoms with Crippen molar-refractivity contribution in [3.63, 3.8) is 0 Å². The molecule has 2 aliphatic heterocycles. The summed E-state index contributed by atoms with van der Waals surface area (Å²) in [6, 6.07) is 1.81. The highest BCUT2D eigenvalue weighted by Gasteiger charge is 2.45. The van der Waals surface area contributed by atoms with Gasteiger partial charge in [0.2, 0.25) is 5.91 Å². The number of likely N-dealkylation sites (N-methyl/N-ethyl adjacent to an activating group) is 1. The SMILES string of the molecule is CCN1C(=O)CCC[C@@]12CCCN(C(=O)c1occc1C)C2. The molecule has 3 heterocycles. The van der Waals surface area contributed by atoms with Crippen LogP contribution in [0, 0.1) is 6.92 Å². The van der Waals surface area contributed by atoms with Gasteiger partial charge in [-0.1, -0.05) is 0 Å². The van der Waals surface area contributed by atoms with Crippen LogP contribution in [0.5, 0.6) is 0 Å². The Morgan fingerprint density at radius 1 is 1.36 bits per heavy atom. The lowest BCUT2D eigenvalue weighted by Gasteiger charge is -2.51. The van der Waals surface area contributed by atoms with Crippen LogP contribution in [-0.2, 0) is 4.79 Å². The Bertz CT molecular complexity index is 576. The molecule has 1 aromatic heterocycles. The first kappa shape index (κ1) is 15.1. The number of carbonyl (C=O) groups is 2. The fourth-order valence-electron chi connectivity index (χ4n) is 4.06. The standard InChI is InChI=1S/C17H24N2O3/c1-3-19-14(20)6-4-8-17(19)9-5-10-18(12-17)16(21)15-13(2)7-11-22-15/h7,11H,3-6,8-10,12H2,1-2H3/t17-/m0/s1. The van der Waals surface area contributed by atoms with Gasteiger partial charge in [-0.15, -0.1) is 0 Å². The van der Waals surface area contributed by atoms with E-state index in [1.165, 1.54) is 0 Å². The zero-order chi connectivity index (χ0) is 15.7. The number of amides is 2. The van der Waals surface area contributed by atoms with Crippen molar-refractivity contribution < 1.29 is 14.0 Å². The number of furan rings is 1. The Balaban J connectivity index is 1.83. The Kier molecular flexibility index (Phi) is 3.98. The van der Waals surface area contributed by atoms with Gasteiger partial charge in [0.15, 0.2) is 5.76 Å². The zero-order valence-electron chi connectivity index (χ0n) is 13.4. The van der Waals surface area contributed by atoms with Crippen LogP contribution in [0.2, 0.25) is 0 Å². The normalized spacial score (nSPS) is 25.8. The maximum atomic E-state index is 12.7. The monoisotopic (exact) mass is 304 g/mol. The van der Waals surface area contributed by atoms with Crippen LogP contribution in [0.15, 0.2) is 16.7 Å². The summed E-state index contributed by atoms with van der Waals surface area (Å²) in [6.07, 6.45) is 6.05. The first-order valence-corrected chi connectivity index (χ1v) is 8.21. The fraction of sp³-hybridized carbons (Fsp3) is 0.647. The molecule has 3 rings (SSSR count). The van der Waals surface area contributed by atoms with Gasteiger partial charge in [-0.05, 0) is 45.6 Å². The first-order valence-electron chi connectivity index (χ1n) is 8.21. The molecule has 5 nitrogen and oxygen atoms in total. The van der Waals surface area contributed by atoms with Crippen molar-refractivity contribution in [1.82, 2.24) is 9.80 Å². The van der Waals surface area contributed by atoms with Crippen LogP contribution >= 0.6 is 0 Å². The molecule has 120 valence electrons. The molecule has 22 heavy (non-hydrogen) atoms. The molecule has 0 bridgehead atoms. The van der Waals surface area contributed by atoms with Crippen molar-refractivity contribution in [2.75, 3.05) is 19.6 Å². The predicted molar refractivity (Wildman–Crippen MR) is 82.6 cm³/mol. The van der Waals surface area contributed by atoms with E-state index >= 15 is 0 Å². The van der Waals surface area contributed by atoms with Crippen molar-refractivity contribution in [2.45, 2.75) is 51.5 Å². The number of piperidine rings is 2. The Morgan fingerprint density at radius 3 is 2.82 bits per heavy atom. The highest BCUT2D eigenvalue weighted by Crippen LogP contribution is 2.37. The third kappa shape index (κ3) is 2.42. The summed E-state index contributed by atoms with van der Waals surface area (Å²) in [5.74, 6) is 0.620. The summed E-state index contributed by atoms with van der Waals surface area (Å²) in [4.78, 5) is 28.9. The highest BCUT2D eigenvalue weighted by atomic mass is 16.3. The van der Waals surface area contributed by atoms with E-state index in [1.807, 2.05) is 29.7 Å². The number of rotatable bonds is 2. The van der Waals surface area contributed by atoms with Crippen molar-refractivity contribution in [1.29, 1.82) is 0 Å². The van der Waals surface area contributed by atoms with Crippen molar-refractivity contribution in [2.24, 2.45) is 0 Å². The third-order valence-electron chi connectivity index (χ3n) is 5.12. The molecule has 5 heteroatoms. The molecule has 0 aliphatic carbocycles. The van der Waals surface area contributed by atoms with E-state index in [9.17, 15) is 9.59 Å². The number of aryl methyl sites for hydroxylation is 1. The van der Waals surface area contributed by atoms with Crippen LogP contribution in [-0.4, -0.2) is 46.8 Å². The molecule has 0 radical (unpaired) electrons. The number of likely N-dealkylation sites (tertiary alicyclic amines) is 2. The lowest BCUT2D eigenvalue weighted by molar-refractivity contribution is -0.144. The van der Waals surface area contributed by atoms with Gasteiger partial charge in [0.05, 0.1) is 11.8 Å². The summed E-state index contributed by atoms with van der Waals surface area (Å²) in [5, 5.41) is 0. The van der Waals surface area contributed by atoms with E-state index in [1.54, 1.807) is 6.26 Å². The molecule has 2 saturated heterocycles. The second-order valence-electron chi connectivity index (χ2n) is 6.48. The van der Waals surface area contributed by atoms with Crippen LogP contribution in [0.25, 0.3) is 0 Å². The largest absolute Gasteiger partial charge is 0.459 e. The molecule has 1 aromatic rings. The molecule has 2 amide bonds. The van der Waals surface area contributed by atoms with Crippen LogP contribution in [0.3, 0.4) is 0 Å². The van der Waals surface area contributed by atoms with Crippen molar-refractivity contribution in [3.8, 4) is 0 Å². The second-order valence-corrected chi connectivity index (χ2v) is 6.48. The van der Waals surface area contributed by atoms with Crippen LogP contribution < -0.4 is 0 Å². The summed E-state index contributed by atoms with van der Waals surface area (Å²) in [7, 11) is 0. The lowest BCUT2D eigenvalue weighted by atomic mass is 9.79.